The topological polar surface area (TPSA) is 27.7 Å². The monoisotopic (exact) mass is 206 g/mol. The Morgan fingerprint density at radius 1 is 1.20 bits per heavy atom. The zero-order valence-corrected chi connectivity index (χ0v) is 8.52. The largest absolute Gasteiger partial charge is 0.464 e. The van der Waals surface area contributed by atoms with Crippen molar-refractivity contribution < 1.29 is 14.2 Å². The fourth-order valence-corrected chi connectivity index (χ4v) is 2.07. The molecule has 2 aliphatic rings. The van der Waals surface area contributed by atoms with Gasteiger partial charge in [-0.1, -0.05) is 18.2 Å². The Kier molecular flexibility index (Phi) is 2.35. The lowest BCUT2D eigenvalue weighted by Crippen LogP contribution is -2.33. The van der Waals surface area contributed by atoms with E-state index in [4.69, 9.17) is 14.2 Å². The summed E-state index contributed by atoms with van der Waals surface area (Å²) in [6, 6.07) is 8.04. The van der Waals surface area contributed by atoms with Crippen molar-refractivity contribution in [1.29, 1.82) is 0 Å². The molecular formula is C12H14O3. The molecule has 0 bridgehead atoms. The van der Waals surface area contributed by atoms with Crippen LogP contribution in [0, 0.1) is 5.92 Å². The highest BCUT2D eigenvalue weighted by Gasteiger charge is 2.31. The van der Waals surface area contributed by atoms with Crippen LogP contribution in [0.2, 0.25) is 0 Å². The zero-order chi connectivity index (χ0) is 10.1. The van der Waals surface area contributed by atoms with Gasteiger partial charge in [0.15, 0.2) is 0 Å². The van der Waals surface area contributed by atoms with Crippen molar-refractivity contribution in [2.75, 3.05) is 13.2 Å². The lowest BCUT2D eigenvalue weighted by molar-refractivity contribution is -0.139. The van der Waals surface area contributed by atoms with E-state index >= 15 is 0 Å². The van der Waals surface area contributed by atoms with E-state index in [1.54, 1.807) is 0 Å². The van der Waals surface area contributed by atoms with E-state index in [1.165, 1.54) is 0 Å². The minimum absolute atomic E-state index is 0.123. The highest BCUT2D eigenvalue weighted by molar-refractivity contribution is 5.33. The summed E-state index contributed by atoms with van der Waals surface area (Å²) in [5.41, 5.74) is 1.13. The van der Waals surface area contributed by atoms with E-state index in [0.717, 1.165) is 30.9 Å². The van der Waals surface area contributed by atoms with Gasteiger partial charge in [0.05, 0.1) is 13.2 Å². The van der Waals surface area contributed by atoms with Gasteiger partial charge in [0.1, 0.15) is 5.75 Å². The summed E-state index contributed by atoms with van der Waals surface area (Å²) in [5, 5.41) is 0. The van der Waals surface area contributed by atoms with E-state index < -0.39 is 0 Å². The second-order valence-electron chi connectivity index (χ2n) is 4.03. The highest BCUT2D eigenvalue weighted by atomic mass is 16.7. The van der Waals surface area contributed by atoms with Crippen molar-refractivity contribution in [3.05, 3.63) is 29.8 Å². The first kappa shape index (κ1) is 9.19. The van der Waals surface area contributed by atoms with Gasteiger partial charge in [0, 0.05) is 18.1 Å². The molecule has 0 spiro atoms. The molecule has 3 rings (SSSR count). The number of ether oxygens (including phenoxy) is 3. The third-order valence-corrected chi connectivity index (χ3v) is 2.97. The van der Waals surface area contributed by atoms with Crippen LogP contribution in [0.4, 0.5) is 0 Å². The van der Waals surface area contributed by atoms with Crippen molar-refractivity contribution in [3.8, 4) is 5.75 Å². The van der Waals surface area contributed by atoms with Crippen LogP contribution in [-0.2, 0) is 16.1 Å². The van der Waals surface area contributed by atoms with Gasteiger partial charge in [0.2, 0.25) is 6.29 Å². The second kappa shape index (κ2) is 3.83. The van der Waals surface area contributed by atoms with Crippen LogP contribution in [0.1, 0.15) is 12.0 Å². The maximum absolute atomic E-state index is 5.81. The van der Waals surface area contributed by atoms with Gasteiger partial charge in [-0.2, -0.15) is 0 Å². The number of rotatable bonds is 1. The number of para-hydroxylation sites is 1. The first-order valence-electron chi connectivity index (χ1n) is 5.37. The number of hydrogen-bond acceptors (Lipinski definition) is 3. The van der Waals surface area contributed by atoms with E-state index in [-0.39, 0.29) is 6.29 Å². The Morgan fingerprint density at radius 2 is 2.13 bits per heavy atom. The van der Waals surface area contributed by atoms with Gasteiger partial charge < -0.3 is 14.2 Å². The molecule has 1 aromatic rings. The Hall–Kier alpha value is -1.06. The molecule has 0 radical (unpaired) electrons. The van der Waals surface area contributed by atoms with Gasteiger partial charge >= 0.3 is 0 Å². The summed E-state index contributed by atoms with van der Waals surface area (Å²) < 4.78 is 16.8. The molecule has 15 heavy (non-hydrogen) atoms. The lowest BCUT2D eigenvalue weighted by Gasteiger charge is -2.29. The van der Waals surface area contributed by atoms with Crippen LogP contribution < -0.4 is 4.74 Å². The molecule has 3 nitrogen and oxygen atoms in total. The van der Waals surface area contributed by atoms with Gasteiger partial charge in [-0.3, -0.25) is 0 Å². The fraction of sp³-hybridized carbons (Fsp3) is 0.500. The SMILES string of the molecule is c1ccc2c(c1)COC(C1CCOC1)O2. The zero-order valence-electron chi connectivity index (χ0n) is 8.52. The number of fused-ring (bicyclic) bond motifs is 1. The van der Waals surface area contributed by atoms with E-state index in [2.05, 4.69) is 0 Å². The lowest BCUT2D eigenvalue weighted by atomic mass is 10.1. The molecule has 2 atom stereocenters. The average molecular weight is 206 g/mol. The van der Waals surface area contributed by atoms with E-state index in [1.807, 2.05) is 24.3 Å². The Morgan fingerprint density at radius 3 is 3.00 bits per heavy atom. The van der Waals surface area contributed by atoms with Crippen LogP contribution in [0.25, 0.3) is 0 Å². The van der Waals surface area contributed by atoms with Crippen LogP contribution in [0.3, 0.4) is 0 Å². The van der Waals surface area contributed by atoms with Crippen molar-refractivity contribution >= 4 is 0 Å². The molecule has 2 unspecified atom stereocenters. The molecule has 0 N–H and O–H groups in total. The highest BCUT2D eigenvalue weighted by Crippen LogP contribution is 2.30. The summed E-state index contributed by atoms with van der Waals surface area (Å²) in [7, 11) is 0. The second-order valence-corrected chi connectivity index (χ2v) is 4.03. The van der Waals surface area contributed by atoms with Gasteiger partial charge in [-0.15, -0.1) is 0 Å². The van der Waals surface area contributed by atoms with Crippen molar-refractivity contribution in [2.24, 2.45) is 5.92 Å². The maximum atomic E-state index is 5.81. The molecule has 1 fully saturated rings. The molecule has 1 aromatic carbocycles. The minimum atomic E-state index is -0.123. The van der Waals surface area contributed by atoms with Gasteiger partial charge in [-0.25, -0.2) is 0 Å². The third kappa shape index (κ3) is 1.73. The number of hydrogen-bond donors (Lipinski definition) is 0. The fourth-order valence-electron chi connectivity index (χ4n) is 2.07. The Labute approximate surface area is 89.0 Å². The van der Waals surface area contributed by atoms with Crippen LogP contribution >= 0.6 is 0 Å². The summed E-state index contributed by atoms with van der Waals surface area (Å²) in [6.07, 6.45) is 0.912. The standard InChI is InChI=1S/C12H14O3/c1-2-4-11-9(3-1)8-14-12(15-11)10-5-6-13-7-10/h1-4,10,12H,5-8H2. The normalized spacial score (nSPS) is 29.6. The predicted molar refractivity (Wildman–Crippen MR) is 54.6 cm³/mol. The molecule has 1 saturated heterocycles. The summed E-state index contributed by atoms with van der Waals surface area (Å²) in [4.78, 5) is 0. The summed E-state index contributed by atoms with van der Waals surface area (Å²) in [6.45, 7) is 2.24. The molecule has 0 aliphatic carbocycles. The van der Waals surface area contributed by atoms with Gasteiger partial charge in [-0.05, 0) is 12.5 Å². The first-order chi connectivity index (χ1) is 7.43. The smallest absolute Gasteiger partial charge is 0.205 e. The Balaban J connectivity index is 1.76. The molecule has 0 aromatic heterocycles. The van der Waals surface area contributed by atoms with E-state index in [0.29, 0.717) is 12.5 Å². The quantitative estimate of drug-likeness (QED) is 0.703. The average Bonchev–Trinajstić information content (AvgIpc) is 2.82. The third-order valence-electron chi connectivity index (χ3n) is 2.97. The van der Waals surface area contributed by atoms with Crippen LogP contribution in [0.15, 0.2) is 24.3 Å². The molecule has 0 amide bonds. The number of benzene rings is 1. The van der Waals surface area contributed by atoms with Crippen LogP contribution in [-0.4, -0.2) is 19.5 Å². The van der Waals surface area contributed by atoms with Crippen molar-refractivity contribution in [1.82, 2.24) is 0 Å². The summed E-state index contributed by atoms with van der Waals surface area (Å²) in [5.74, 6) is 1.35. The molecule has 2 heterocycles. The predicted octanol–water partition coefficient (Wildman–Crippen LogP) is 1.96. The molecule has 3 heteroatoms. The summed E-state index contributed by atoms with van der Waals surface area (Å²) >= 11 is 0. The maximum Gasteiger partial charge on any atom is 0.205 e. The molecule has 80 valence electrons. The minimum Gasteiger partial charge on any atom is -0.464 e. The van der Waals surface area contributed by atoms with Crippen LogP contribution in [0.5, 0.6) is 5.75 Å². The van der Waals surface area contributed by atoms with Crippen molar-refractivity contribution in [3.63, 3.8) is 0 Å². The molecule has 0 saturated carbocycles. The van der Waals surface area contributed by atoms with Crippen molar-refractivity contribution in [2.45, 2.75) is 19.3 Å². The molecule has 2 aliphatic heterocycles. The molecular weight excluding hydrogens is 192 g/mol. The first-order valence-corrected chi connectivity index (χ1v) is 5.37. The van der Waals surface area contributed by atoms with E-state index in [9.17, 15) is 0 Å². The van der Waals surface area contributed by atoms with Gasteiger partial charge in [0.25, 0.3) is 0 Å². The Bertz CT molecular complexity index is 344.